The lowest BCUT2D eigenvalue weighted by molar-refractivity contribution is 0.0675. The zero-order valence-corrected chi connectivity index (χ0v) is 12.1. The minimum atomic E-state index is -1.43. The molecule has 22 heavy (non-hydrogen) atoms. The molecular formula is C14H16N2O6. The third-order valence-electron chi connectivity index (χ3n) is 2.78. The third kappa shape index (κ3) is 3.60. The molecule has 1 aromatic rings. The summed E-state index contributed by atoms with van der Waals surface area (Å²) in [6, 6.07) is 1.81. The number of benzene rings is 1. The van der Waals surface area contributed by atoms with Crippen LogP contribution in [-0.4, -0.2) is 47.1 Å². The van der Waals surface area contributed by atoms with Crippen LogP contribution in [-0.2, 0) is 0 Å². The van der Waals surface area contributed by atoms with Gasteiger partial charge in [0.2, 0.25) is 0 Å². The second-order valence-electron chi connectivity index (χ2n) is 4.27. The highest BCUT2D eigenvalue weighted by Gasteiger charge is 2.25. The van der Waals surface area contributed by atoms with Gasteiger partial charge < -0.3 is 20.8 Å². The van der Waals surface area contributed by atoms with Gasteiger partial charge in [-0.1, -0.05) is 0 Å². The molecule has 8 heteroatoms. The van der Waals surface area contributed by atoms with E-state index in [1.165, 1.54) is 0 Å². The van der Waals surface area contributed by atoms with Crippen LogP contribution in [0, 0.1) is 0 Å². The Morgan fingerprint density at radius 1 is 0.773 bits per heavy atom. The zero-order valence-electron chi connectivity index (χ0n) is 12.1. The monoisotopic (exact) mass is 308 g/mol. The highest BCUT2D eigenvalue weighted by atomic mass is 16.4. The molecule has 0 radical (unpaired) electrons. The first-order valence-corrected chi connectivity index (χ1v) is 6.54. The van der Waals surface area contributed by atoms with Crippen LogP contribution in [0.5, 0.6) is 0 Å². The van der Waals surface area contributed by atoms with Crippen molar-refractivity contribution in [1.29, 1.82) is 0 Å². The summed E-state index contributed by atoms with van der Waals surface area (Å²) in [5.41, 5.74) is -1.48. The molecule has 2 amide bonds. The van der Waals surface area contributed by atoms with Gasteiger partial charge in [-0.15, -0.1) is 0 Å². The molecule has 8 nitrogen and oxygen atoms in total. The molecule has 0 saturated carbocycles. The maximum absolute atomic E-state index is 11.9. The Bertz CT molecular complexity index is 583. The van der Waals surface area contributed by atoms with Gasteiger partial charge in [0.1, 0.15) is 0 Å². The summed E-state index contributed by atoms with van der Waals surface area (Å²) in [4.78, 5) is 46.3. The first-order valence-electron chi connectivity index (χ1n) is 6.54. The van der Waals surface area contributed by atoms with Crippen molar-refractivity contribution in [2.75, 3.05) is 13.1 Å². The lowest BCUT2D eigenvalue weighted by Crippen LogP contribution is -2.28. The standard InChI is InChI=1S/C14H16N2O6/c1-3-15-11(17)7-5-10(14(21)22)8(12(18)16-4-2)6-9(7)13(19)20/h5-6H,3-4H2,1-2H3,(H,15,17)(H,16,18)(H,19,20)(H,21,22). The van der Waals surface area contributed by atoms with Gasteiger partial charge in [0, 0.05) is 13.1 Å². The Labute approximate surface area is 126 Å². The van der Waals surface area contributed by atoms with Crippen LogP contribution >= 0.6 is 0 Å². The van der Waals surface area contributed by atoms with E-state index in [-0.39, 0.29) is 24.2 Å². The summed E-state index contributed by atoms with van der Waals surface area (Å²) in [7, 11) is 0. The van der Waals surface area contributed by atoms with Crippen LogP contribution in [0.25, 0.3) is 0 Å². The Hall–Kier alpha value is -2.90. The van der Waals surface area contributed by atoms with Crippen LogP contribution in [0.3, 0.4) is 0 Å². The predicted octanol–water partition coefficient (Wildman–Crippen LogP) is 0.582. The van der Waals surface area contributed by atoms with E-state index in [1.54, 1.807) is 13.8 Å². The summed E-state index contributed by atoms with van der Waals surface area (Å²) >= 11 is 0. The van der Waals surface area contributed by atoms with Gasteiger partial charge in [-0.05, 0) is 26.0 Å². The quantitative estimate of drug-likeness (QED) is 0.607. The highest BCUT2D eigenvalue weighted by molar-refractivity contribution is 6.11. The average molecular weight is 308 g/mol. The van der Waals surface area contributed by atoms with Crippen molar-refractivity contribution in [3.63, 3.8) is 0 Å². The molecule has 1 rings (SSSR count). The molecule has 118 valence electrons. The SMILES string of the molecule is CCNC(=O)c1cc(C(=O)O)c(C(=O)NCC)cc1C(=O)O. The zero-order chi connectivity index (χ0) is 16.9. The van der Waals surface area contributed by atoms with Gasteiger partial charge in [-0.25, -0.2) is 9.59 Å². The Morgan fingerprint density at radius 3 is 1.32 bits per heavy atom. The molecule has 0 atom stereocenters. The summed E-state index contributed by atoms with van der Waals surface area (Å²) in [5.74, 6) is -4.29. The van der Waals surface area contributed by atoms with Gasteiger partial charge in [0.15, 0.2) is 0 Å². The van der Waals surface area contributed by atoms with E-state index >= 15 is 0 Å². The summed E-state index contributed by atoms with van der Waals surface area (Å²) in [6.07, 6.45) is 0. The molecule has 0 aliphatic heterocycles. The minimum Gasteiger partial charge on any atom is -0.478 e. The Balaban J connectivity index is 3.57. The first-order chi connectivity index (χ1) is 10.3. The molecule has 0 fully saturated rings. The summed E-state index contributed by atoms with van der Waals surface area (Å²) in [5, 5.41) is 23.2. The molecule has 0 spiro atoms. The number of amides is 2. The van der Waals surface area contributed by atoms with Crippen molar-refractivity contribution >= 4 is 23.8 Å². The molecule has 0 heterocycles. The van der Waals surface area contributed by atoms with Crippen molar-refractivity contribution in [3.05, 3.63) is 34.4 Å². The Kier molecular flexibility index (Phi) is 5.62. The van der Waals surface area contributed by atoms with Crippen LogP contribution in [0.2, 0.25) is 0 Å². The van der Waals surface area contributed by atoms with Crippen LogP contribution < -0.4 is 10.6 Å². The van der Waals surface area contributed by atoms with Crippen LogP contribution in [0.15, 0.2) is 12.1 Å². The fourth-order valence-corrected chi connectivity index (χ4v) is 1.84. The lowest BCUT2D eigenvalue weighted by atomic mass is 9.97. The number of nitrogens with one attached hydrogen (secondary N) is 2. The number of rotatable bonds is 6. The maximum Gasteiger partial charge on any atom is 0.336 e. The van der Waals surface area contributed by atoms with E-state index in [4.69, 9.17) is 0 Å². The number of hydrogen-bond donors (Lipinski definition) is 4. The predicted molar refractivity (Wildman–Crippen MR) is 76.4 cm³/mol. The molecule has 0 aliphatic rings. The number of carboxylic acids is 2. The minimum absolute atomic E-state index is 0.248. The first kappa shape index (κ1) is 17.2. The van der Waals surface area contributed by atoms with Gasteiger partial charge in [-0.2, -0.15) is 0 Å². The van der Waals surface area contributed by atoms with Gasteiger partial charge >= 0.3 is 11.9 Å². The molecular weight excluding hydrogens is 292 g/mol. The number of aromatic carboxylic acids is 2. The van der Waals surface area contributed by atoms with E-state index in [0.717, 1.165) is 12.1 Å². The number of carboxylic acid groups (broad SMARTS) is 2. The van der Waals surface area contributed by atoms with Crippen molar-refractivity contribution in [2.24, 2.45) is 0 Å². The average Bonchev–Trinajstić information content (AvgIpc) is 2.46. The van der Waals surface area contributed by atoms with Gasteiger partial charge in [0.05, 0.1) is 22.3 Å². The van der Waals surface area contributed by atoms with Crippen molar-refractivity contribution in [1.82, 2.24) is 10.6 Å². The molecule has 1 aromatic carbocycles. The van der Waals surface area contributed by atoms with Crippen molar-refractivity contribution in [3.8, 4) is 0 Å². The van der Waals surface area contributed by atoms with Crippen LogP contribution in [0.4, 0.5) is 0 Å². The smallest absolute Gasteiger partial charge is 0.336 e. The number of hydrogen-bond acceptors (Lipinski definition) is 4. The maximum atomic E-state index is 11.9. The van der Waals surface area contributed by atoms with E-state index in [2.05, 4.69) is 10.6 Å². The van der Waals surface area contributed by atoms with Crippen molar-refractivity contribution in [2.45, 2.75) is 13.8 Å². The van der Waals surface area contributed by atoms with E-state index in [0.29, 0.717) is 0 Å². The van der Waals surface area contributed by atoms with E-state index in [1.807, 2.05) is 0 Å². The Morgan fingerprint density at radius 2 is 1.09 bits per heavy atom. The normalized spacial score (nSPS) is 9.91. The molecule has 0 saturated heterocycles. The highest BCUT2D eigenvalue weighted by Crippen LogP contribution is 2.18. The van der Waals surface area contributed by atoms with E-state index in [9.17, 15) is 29.4 Å². The van der Waals surface area contributed by atoms with E-state index < -0.39 is 34.9 Å². The second-order valence-corrected chi connectivity index (χ2v) is 4.27. The topological polar surface area (TPSA) is 133 Å². The molecule has 0 aromatic heterocycles. The second kappa shape index (κ2) is 7.21. The summed E-state index contributed by atoms with van der Waals surface area (Å²) < 4.78 is 0. The fraction of sp³-hybridized carbons (Fsp3) is 0.286. The molecule has 4 N–H and O–H groups in total. The summed E-state index contributed by atoms with van der Waals surface area (Å²) in [6.45, 7) is 3.77. The molecule has 0 unspecified atom stereocenters. The van der Waals surface area contributed by atoms with Gasteiger partial charge in [-0.3, -0.25) is 9.59 Å². The number of carbonyl (C=O) groups is 4. The largest absolute Gasteiger partial charge is 0.478 e. The number of carbonyl (C=O) groups excluding carboxylic acids is 2. The van der Waals surface area contributed by atoms with Crippen molar-refractivity contribution < 1.29 is 29.4 Å². The molecule has 0 aliphatic carbocycles. The fourth-order valence-electron chi connectivity index (χ4n) is 1.84. The van der Waals surface area contributed by atoms with Gasteiger partial charge in [0.25, 0.3) is 11.8 Å². The third-order valence-corrected chi connectivity index (χ3v) is 2.78. The van der Waals surface area contributed by atoms with Crippen LogP contribution in [0.1, 0.15) is 55.3 Å². The lowest BCUT2D eigenvalue weighted by Gasteiger charge is -2.12. The molecule has 0 bridgehead atoms.